The lowest BCUT2D eigenvalue weighted by atomic mass is 9.98. The Bertz CT molecular complexity index is 1130. The molecule has 5 heteroatoms. The molecule has 3 rings (SSSR count). The van der Waals surface area contributed by atoms with Gasteiger partial charge in [0.1, 0.15) is 22.7 Å². The zero-order valence-corrected chi connectivity index (χ0v) is 14.2. The van der Waals surface area contributed by atoms with E-state index in [0.29, 0.717) is 16.3 Å². The van der Waals surface area contributed by atoms with Gasteiger partial charge in [-0.15, -0.1) is 6.42 Å². The molecule has 1 aromatic heterocycles. The molecule has 5 nitrogen and oxygen atoms in total. The summed E-state index contributed by atoms with van der Waals surface area (Å²) in [4.78, 5) is 13.2. The molecular formula is C22H16O5. The van der Waals surface area contributed by atoms with Crippen LogP contribution in [0.1, 0.15) is 15.9 Å². The Morgan fingerprint density at radius 1 is 1.04 bits per heavy atom. The average Bonchev–Trinajstić information content (AvgIpc) is 3.01. The number of rotatable bonds is 4. The number of carbonyl (C=O) groups excluding carboxylic acids is 1. The number of phenolic OH excluding ortho intramolecular Hbond substituents is 2. The minimum absolute atomic E-state index is 0.0437. The van der Waals surface area contributed by atoms with Gasteiger partial charge in [-0.1, -0.05) is 5.92 Å². The molecule has 0 fully saturated rings. The van der Waals surface area contributed by atoms with Crippen molar-refractivity contribution in [3.05, 3.63) is 70.3 Å². The third-order valence-electron chi connectivity index (χ3n) is 3.96. The highest BCUT2D eigenvalue weighted by Gasteiger charge is 2.21. The van der Waals surface area contributed by atoms with Crippen LogP contribution < -0.4 is 10.6 Å². The van der Waals surface area contributed by atoms with E-state index in [1.807, 2.05) is 0 Å². The number of aliphatic hydroxyl groups excluding tert-OH is 1. The summed E-state index contributed by atoms with van der Waals surface area (Å²) in [5.41, 5.74) is 1.43. The summed E-state index contributed by atoms with van der Waals surface area (Å²) >= 11 is 0. The van der Waals surface area contributed by atoms with Crippen LogP contribution in [0.25, 0.3) is 23.5 Å². The fourth-order valence-corrected chi connectivity index (χ4v) is 2.72. The third-order valence-corrected chi connectivity index (χ3v) is 3.96. The van der Waals surface area contributed by atoms with E-state index in [-0.39, 0.29) is 40.6 Å². The second-order valence-corrected chi connectivity index (χ2v) is 5.70. The Morgan fingerprint density at radius 2 is 1.63 bits per heavy atom. The standard InChI is InChI=1S/C22H16O5/c1-2-3-18-19(12-13-23)27-22(15-6-10-17(25)11-7-15)20(18)21(26)14-4-8-16(24)9-5-14/h1,3-12,23-25H,13H2/b18-3+,19-12+. The van der Waals surface area contributed by atoms with Crippen LogP contribution >= 0.6 is 0 Å². The molecule has 27 heavy (non-hydrogen) atoms. The monoisotopic (exact) mass is 360 g/mol. The van der Waals surface area contributed by atoms with Crippen LogP contribution in [0.5, 0.6) is 11.5 Å². The minimum atomic E-state index is -0.346. The predicted octanol–water partition coefficient (Wildman–Crippen LogP) is 1.78. The normalized spacial score (nSPS) is 12.1. The smallest absolute Gasteiger partial charge is 0.197 e. The van der Waals surface area contributed by atoms with Crippen molar-refractivity contribution in [3.63, 3.8) is 0 Å². The van der Waals surface area contributed by atoms with Gasteiger partial charge in [0, 0.05) is 16.3 Å². The van der Waals surface area contributed by atoms with E-state index in [9.17, 15) is 20.1 Å². The third kappa shape index (κ3) is 3.61. The molecule has 0 bridgehead atoms. The van der Waals surface area contributed by atoms with Crippen molar-refractivity contribution in [2.45, 2.75) is 0 Å². The molecule has 0 saturated carbocycles. The summed E-state index contributed by atoms with van der Waals surface area (Å²) in [6.07, 6.45) is 8.24. The number of ketones is 1. The molecule has 0 radical (unpaired) electrons. The Labute approximate surface area is 155 Å². The molecule has 3 N–H and O–H groups in total. The van der Waals surface area contributed by atoms with Crippen molar-refractivity contribution in [2.24, 2.45) is 0 Å². The largest absolute Gasteiger partial charge is 0.508 e. The summed E-state index contributed by atoms with van der Waals surface area (Å²) in [6.45, 7) is -0.291. The topological polar surface area (TPSA) is 90.9 Å². The van der Waals surface area contributed by atoms with Crippen LogP contribution in [-0.2, 0) is 0 Å². The van der Waals surface area contributed by atoms with Crippen LogP contribution in [0.15, 0.2) is 52.9 Å². The SMILES string of the molecule is C#C/C=c1/c(C(=O)c2ccc(O)cc2)c(-c2ccc(O)cc2)o/c1=C/CO. The van der Waals surface area contributed by atoms with E-state index < -0.39 is 0 Å². The number of aromatic hydroxyl groups is 2. The number of hydrogen-bond acceptors (Lipinski definition) is 5. The number of terminal acetylenes is 1. The van der Waals surface area contributed by atoms with Gasteiger partial charge < -0.3 is 19.7 Å². The molecule has 0 aliphatic heterocycles. The van der Waals surface area contributed by atoms with Crippen LogP contribution in [0.2, 0.25) is 0 Å². The first-order valence-corrected chi connectivity index (χ1v) is 8.08. The summed E-state index contributed by atoms with van der Waals surface area (Å²) in [5, 5.41) is 28.6. The molecule has 0 atom stereocenters. The maximum Gasteiger partial charge on any atom is 0.197 e. The fourth-order valence-electron chi connectivity index (χ4n) is 2.72. The number of benzene rings is 2. The van der Waals surface area contributed by atoms with Crippen molar-refractivity contribution < 1.29 is 24.5 Å². The number of carbonyl (C=O) groups is 1. The zero-order valence-electron chi connectivity index (χ0n) is 14.2. The van der Waals surface area contributed by atoms with Gasteiger partial charge in [0.25, 0.3) is 0 Å². The molecule has 0 aliphatic carbocycles. The van der Waals surface area contributed by atoms with E-state index in [4.69, 9.17) is 10.8 Å². The maximum absolute atomic E-state index is 13.2. The van der Waals surface area contributed by atoms with E-state index >= 15 is 0 Å². The number of hydrogen-bond donors (Lipinski definition) is 3. The Morgan fingerprint density at radius 3 is 2.19 bits per heavy atom. The molecule has 0 amide bonds. The van der Waals surface area contributed by atoms with Crippen LogP contribution in [0.3, 0.4) is 0 Å². The second kappa shape index (κ2) is 7.65. The van der Waals surface area contributed by atoms with Gasteiger partial charge in [-0.2, -0.15) is 0 Å². The number of phenols is 2. The highest BCUT2D eigenvalue weighted by Crippen LogP contribution is 2.25. The Kier molecular flexibility index (Phi) is 5.11. The van der Waals surface area contributed by atoms with Crippen molar-refractivity contribution in [1.29, 1.82) is 0 Å². The predicted molar refractivity (Wildman–Crippen MR) is 101 cm³/mol. The molecule has 0 unspecified atom stereocenters. The molecule has 1 heterocycles. The maximum atomic E-state index is 13.2. The highest BCUT2D eigenvalue weighted by molar-refractivity contribution is 6.12. The van der Waals surface area contributed by atoms with E-state index in [1.165, 1.54) is 48.6 Å². The summed E-state index contributed by atoms with van der Waals surface area (Å²) in [5.74, 6) is 2.44. The lowest BCUT2D eigenvalue weighted by molar-refractivity contribution is 0.103. The van der Waals surface area contributed by atoms with Crippen molar-refractivity contribution in [1.82, 2.24) is 0 Å². The van der Waals surface area contributed by atoms with Crippen LogP contribution in [0.4, 0.5) is 0 Å². The average molecular weight is 360 g/mol. The summed E-state index contributed by atoms with van der Waals surface area (Å²) in [7, 11) is 0. The Balaban J connectivity index is 2.32. The summed E-state index contributed by atoms with van der Waals surface area (Å²) in [6, 6.07) is 12.0. The quantitative estimate of drug-likeness (QED) is 0.487. The second-order valence-electron chi connectivity index (χ2n) is 5.70. The molecule has 2 aromatic carbocycles. The van der Waals surface area contributed by atoms with E-state index in [0.717, 1.165) is 0 Å². The first kappa shape index (κ1) is 18.1. The molecule has 134 valence electrons. The van der Waals surface area contributed by atoms with E-state index in [1.54, 1.807) is 12.1 Å². The van der Waals surface area contributed by atoms with Gasteiger partial charge in [-0.25, -0.2) is 0 Å². The highest BCUT2D eigenvalue weighted by atomic mass is 16.3. The van der Waals surface area contributed by atoms with Gasteiger partial charge in [0.2, 0.25) is 0 Å². The molecule has 3 aromatic rings. The molecule has 0 spiro atoms. The van der Waals surface area contributed by atoms with Crippen LogP contribution in [0, 0.1) is 12.3 Å². The van der Waals surface area contributed by atoms with Gasteiger partial charge in [0.05, 0.1) is 12.2 Å². The number of furan rings is 1. The lowest BCUT2D eigenvalue weighted by Crippen LogP contribution is -2.26. The van der Waals surface area contributed by atoms with E-state index in [2.05, 4.69) is 5.92 Å². The van der Waals surface area contributed by atoms with Crippen molar-refractivity contribution in [3.8, 4) is 35.2 Å². The minimum Gasteiger partial charge on any atom is -0.508 e. The van der Waals surface area contributed by atoms with Gasteiger partial charge in [-0.3, -0.25) is 4.79 Å². The number of aliphatic hydroxyl groups is 1. The van der Waals surface area contributed by atoms with Gasteiger partial charge in [-0.05, 0) is 60.7 Å². The molecule has 0 aliphatic rings. The molecule has 0 saturated heterocycles. The molecular weight excluding hydrogens is 344 g/mol. The van der Waals surface area contributed by atoms with Gasteiger partial charge >= 0.3 is 0 Å². The van der Waals surface area contributed by atoms with Crippen molar-refractivity contribution >= 4 is 17.9 Å². The van der Waals surface area contributed by atoms with Gasteiger partial charge in [0.15, 0.2) is 5.78 Å². The summed E-state index contributed by atoms with van der Waals surface area (Å²) < 4.78 is 5.84. The van der Waals surface area contributed by atoms with Crippen molar-refractivity contribution in [2.75, 3.05) is 6.61 Å². The first-order chi connectivity index (χ1) is 13.0. The Hall–Kier alpha value is -3.75. The van der Waals surface area contributed by atoms with Crippen LogP contribution in [-0.4, -0.2) is 27.7 Å². The first-order valence-electron chi connectivity index (χ1n) is 8.08. The lowest BCUT2D eigenvalue weighted by Gasteiger charge is -2.04. The zero-order chi connectivity index (χ0) is 19.4. The fraction of sp³-hybridized carbons (Fsp3) is 0.0455.